The van der Waals surface area contributed by atoms with Gasteiger partial charge in [-0.05, 0) is 12.8 Å². The van der Waals surface area contributed by atoms with Crippen LogP contribution in [-0.2, 0) is 16.2 Å². The molecule has 0 N–H and O–H groups in total. The first-order chi connectivity index (χ1) is 11.3. The van der Waals surface area contributed by atoms with E-state index < -0.39 is 0 Å². The molecule has 4 nitrogen and oxygen atoms in total. The Kier molecular flexibility index (Phi) is 5.23. The Bertz CT molecular complexity index is 696. The van der Waals surface area contributed by atoms with Gasteiger partial charge in [0.25, 0.3) is 0 Å². The van der Waals surface area contributed by atoms with Crippen molar-refractivity contribution < 1.29 is 8.83 Å². The Morgan fingerprint density at radius 1 is 0.840 bits per heavy atom. The Labute approximate surface area is 152 Å². The van der Waals surface area contributed by atoms with Crippen LogP contribution >= 0.6 is 0 Å². The molecule has 0 spiro atoms. The molecule has 0 saturated carbocycles. The van der Waals surface area contributed by atoms with Gasteiger partial charge in [-0.1, -0.05) is 62.3 Å². The van der Waals surface area contributed by atoms with Crippen LogP contribution in [0.1, 0.15) is 104 Å². The SMILES string of the molecule is CC(CCC(C)(C)c1nc(C(C)(C)C)co1)c1nc(C(C)(C)C)co1. The molecule has 0 aliphatic carbocycles. The Morgan fingerprint density at radius 3 is 1.84 bits per heavy atom. The van der Waals surface area contributed by atoms with Crippen molar-refractivity contribution in [1.29, 1.82) is 0 Å². The summed E-state index contributed by atoms with van der Waals surface area (Å²) >= 11 is 0. The number of hydrogen-bond donors (Lipinski definition) is 0. The molecule has 140 valence electrons. The maximum atomic E-state index is 5.79. The first kappa shape index (κ1) is 19.7. The summed E-state index contributed by atoms with van der Waals surface area (Å²) in [7, 11) is 0. The van der Waals surface area contributed by atoms with Gasteiger partial charge in [0.1, 0.15) is 12.5 Å². The minimum Gasteiger partial charge on any atom is -0.448 e. The van der Waals surface area contributed by atoms with Crippen LogP contribution in [0.2, 0.25) is 0 Å². The third-order valence-electron chi connectivity index (χ3n) is 4.77. The van der Waals surface area contributed by atoms with Gasteiger partial charge in [-0.15, -0.1) is 0 Å². The zero-order valence-electron chi connectivity index (χ0n) is 17.4. The van der Waals surface area contributed by atoms with Crippen LogP contribution < -0.4 is 0 Å². The highest BCUT2D eigenvalue weighted by atomic mass is 16.3. The molecule has 0 radical (unpaired) electrons. The summed E-state index contributed by atoms with van der Waals surface area (Å²) < 4.78 is 11.5. The van der Waals surface area contributed by atoms with Crippen LogP contribution in [0.4, 0.5) is 0 Å². The zero-order valence-corrected chi connectivity index (χ0v) is 17.4. The summed E-state index contributed by atoms with van der Waals surface area (Å²) in [6.45, 7) is 19.5. The molecule has 2 aromatic rings. The van der Waals surface area contributed by atoms with E-state index in [-0.39, 0.29) is 22.2 Å². The molecule has 2 heterocycles. The van der Waals surface area contributed by atoms with E-state index in [9.17, 15) is 0 Å². The van der Waals surface area contributed by atoms with Crippen molar-refractivity contribution in [3.8, 4) is 0 Å². The molecule has 0 saturated heterocycles. The standard InChI is InChI=1S/C21H34N2O2/c1-14(17-22-15(12-24-17)19(2,3)4)10-11-21(8,9)18-23-16(13-25-18)20(5,6)7/h12-14H,10-11H2,1-9H3. The highest BCUT2D eigenvalue weighted by Gasteiger charge is 2.30. The highest BCUT2D eigenvalue weighted by Crippen LogP contribution is 2.34. The molecule has 0 bridgehead atoms. The third kappa shape index (κ3) is 4.74. The van der Waals surface area contributed by atoms with E-state index in [0.717, 1.165) is 36.0 Å². The monoisotopic (exact) mass is 346 g/mol. The van der Waals surface area contributed by atoms with Gasteiger partial charge in [-0.2, -0.15) is 0 Å². The van der Waals surface area contributed by atoms with Gasteiger partial charge >= 0.3 is 0 Å². The van der Waals surface area contributed by atoms with Gasteiger partial charge in [0.2, 0.25) is 0 Å². The number of oxazole rings is 2. The second kappa shape index (κ2) is 6.62. The summed E-state index contributed by atoms with van der Waals surface area (Å²) in [5.74, 6) is 1.91. The van der Waals surface area contributed by atoms with Gasteiger partial charge in [-0.3, -0.25) is 0 Å². The van der Waals surface area contributed by atoms with E-state index in [1.807, 2.05) is 0 Å². The molecule has 0 aromatic carbocycles. The van der Waals surface area contributed by atoms with Crippen LogP contribution in [0.25, 0.3) is 0 Å². The predicted octanol–water partition coefficient (Wildman–Crippen LogP) is 6.12. The molecule has 2 aromatic heterocycles. The van der Waals surface area contributed by atoms with Gasteiger partial charge in [0.15, 0.2) is 11.8 Å². The molecule has 4 heteroatoms. The van der Waals surface area contributed by atoms with E-state index in [2.05, 4.69) is 67.3 Å². The average Bonchev–Trinajstić information content (AvgIpc) is 3.12. The van der Waals surface area contributed by atoms with E-state index >= 15 is 0 Å². The Balaban J connectivity index is 2.04. The molecule has 0 amide bonds. The van der Waals surface area contributed by atoms with Gasteiger partial charge in [0.05, 0.1) is 11.4 Å². The molecular formula is C21H34N2O2. The smallest absolute Gasteiger partial charge is 0.199 e. The van der Waals surface area contributed by atoms with Crippen LogP contribution in [0.5, 0.6) is 0 Å². The minimum absolute atomic E-state index is 0.00651. The first-order valence-corrected chi connectivity index (χ1v) is 9.23. The van der Waals surface area contributed by atoms with Gasteiger partial charge in [0, 0.05) is 22.2 Å². The lowest BCUT2D eigenvalue weighted by atomic mass is 9.84. The molecule has 0 aliphatic heterocycles. The van der Waals surface area contributed by atoms with E-state index in [1.165, 1.54) is 0 Å². The predicted molar refractivity (Wildman–Crippen MR) is 101 cm³/mol. The van der Waals surface area contributed by atoms with Crippen molar-refractivity contribution in [2.24, 2.45) is 0 Å². The lowest BCUT2D eigenvalue weighted by Crippen LogP contribution is -2.20. The van der Waals surface area contributed by atoms with Crippen molar-refractivity contribution >= 4 is 0 Å². The van der Waals surface area contributed by atoms with Crippen molar-refractivity contribution in [2.75, 3.05) is 0 Å². The average molecular weight is 347 g/mol. The molecule has 2 rings (SSSR count). The highest BCUT2D eigenvalue weighted by molar-refractivity contribution is 5.13. The van der Waals surface area contributed by atoms with Crippen molar-refractivity contribution in [3.63, 3.8) is 0 Å². The van der Waals surface area contributed by atoms with E-state index in [0.29, 0.717) is 0 Å². The molecule has 0 fully saturated rings. The maximum absolute atomic E-state index is 5.79. The fraction of sp³-hybridized carbons (Fsp3) is 0.714. The fourth-order valence-electron chi connectivity index (χ4n) is 2.60. The normalized spacial score (nSPS) is 14.8. The van der Waals surface area contributed by atoms with Crippen LogP contribution in [0.3, 0.4) is 0 Å². The van der Waals surface area contributed by atoms with Gasteiger partial charge < -0.3 is 8.83 Å². The fourth-order valence-corrected chi connectivity index (χ4v) is 2.60. The molecule has 1 atom stereocenters. The number of aromatic nitrogens is 2. The third-order valence-corrected chi connectivity index (χ3v) is 4.77. The van der Waals surface area contributed by atoms with E-state index in [4.69, 9.17) is 13.8 Å². The number of nitrogens with zero attached hydrogens (tertiary/aromatic N) is 2. The van der Waals surface area contributed by atoms with Crippen LogP contribution in [0, 0.1) is 0 Å². The maximum Gasteiger partial charge on any atom is 0.199 e. The van der Waals surface area contributed by atoms with E-state index in [1.54, 1.807) is 12.5 Å². The lowest BCUT2D eigenvalue weighted by molar-refractivity contribution is 0.325. The lowest BCUT2D eigenvalue weighted by Gasteiger charge is -2.22. The minimum atomic E-state index is -0.114. The topological polar surface area (TPSA) is 52.1 Å². The van der Waals surface area contributed by atoms with Crippen molar-refractivity contribution in [1.82, 2.24) is 9.97 Å². The van der Waals surface area contributed by atoms with Crippen molar-refractivity contribution in [3.05, 3.63) is 35.7 Å². The second-order valence-corrected chi connectivity index (χ2v) is 9.93. The quantitative estimate of drug-likeness (QED) is 0.654. The van der Waals surface area contributed by atoms with Crippen LogP contribution in [0.15, 0.2) is 21.4 Å². The summed E-state index contributed by atoms with van der Waals surface area (Å²) in [6.07, 6.45) is 5.53. The summed E-state index contributed by atoms with van der Waals surface area (Å²) in [5, 5.41) is 0. The number of hydrogen-bond acceptors (Lipinski definition) is 4. The summed E-state index contributed by atoms with van der Waals surface area (Å²) in [6, 6.07) is 0. The number of rotatable bonds is 5. The Hall–Kier alpha value is -1.58. The van der Waals surface area contributed by atoms with Crippen molar-refractivity contribution in [2.45, 2.75) is 97.3 Å². The summed E-state index contributed by atoms with van der Waals surface area (Å²) in [4.78, 5) is 9.42. The second-order valence-electron chi connectivity index (χ2n) is 9.93. The Morgan fingerprint density at radius 2 is 1.36 bits per heavy atom. The largest absolute Gasteiger partial charge is 0.448 e. The van der Waals surface area contributed by atoms with Gasteiger partial charge in [-0.25, -0.2) is 9.97 Å². The van der Waals surface area contributed by atoms with Crippen LogP contribution in [-0.4, -0.2) is 9.97 Å². The zero-order chi connectivity index (χ0) is 19.0. The molecular weight excluding hydrogens is 312 g/mol. The molecule has 25 heavy (non-hydrogen) atoms. The molecule has 0 aliphatic rings. The summed E-state index contributed by atoms with van der Waals surface area (Å²) in [5.41, 5.74) is 1.92. The first-order valence-electron chi connectivity index (χ1n) is 9.23. The molecule has 1 unspecified atom stereocenters.